The van der Waals surface area contributed by atoms with Gasteiger partial charge in [-0.1, -0.05) is 306 Å². The van der Waals surface area contributed by atoms with Gasteiger partial charge in [-0.25, -0.2) is 9.13 Å². The van der Waals surface area contributed by atoms with Crippen molar-refractivity contribution in [2.45, 2.75) is 316 Å². The summed E-state index contributed by atoms with van der Waals surface area (Å²) in [6, 6.07) is 0. The average molecular weight is 1550 g/mol. The minimum atomic E-state index is -5.01. The molecule has 0 aliphatic carbocycles. The normalized spacial score (nSPS) is 14.8. The minimum Gasteiger partial charge on any atom is -0.462 e. The molecule has 0 bridgehead atoms. The number of hydrogen-bond donors (Lipinski definition) is 3. The van der Waals surface area contributed by atoms with E-state index in [2.05, 4.69) is 192 Å². The van der Waals surface area contributed by atoms with Gasteiger partial charge in [-0.05, 0) is 148 Å². The van der Waals surface area contributed by atoms with E-state index in [0.29, 0.717) is 32.1 Å². The second-order valence-corrected chi connectivity index (χ2v) is 29.5. The number of hydrogen-bond acceptors (Lipinski definition) is 15. The summed E-state index contributed by atoms with van der Waals surface area (Å²) < 4.78 is 68.6. The van der Waals surface area contributed by atoms with Gasteiger partial charge in [-0.2, -0.15) is 0 Å². The van der Waals surface area contributed by atoms with Crippen LogP contribution in [0.15, 0.2) is 182 Å². The first-order chi connectivity index (χ1) is 52.7. The Kier molecular flexibility index (Phi) is 75.0. The fourth-order valence-corrected chi connectivity index (χ4v) is 11.8. The smallest absolute Gasteiger partial charge is 0.462 e. The Morgan fingerprint density at radius 2 is 0.500 bits per heavy atom. The summed E-state index contributed by atoms with van der Waals surface area (Å²) >= 11 is 0. The number of unbranched alkanes of at least 4 members (excludes halogenated alkanes) is 19. The molecule has 0 saturated heterocycles. The van der Waals surface area contributed by atoms with Crippen molar-refractivity contribution in [3.05, 3.63) is 182 Å². The van der Waals surface area contributed by atoms with Crippen molar-refractivity contribution in [3.63, 3.8) is 0 Å². The van der Waals surface area contributed by atoms with E-state index in [4.69, 9.17) is 37.0 Å². The van der Waals surface area contributed by atoms with Crippen LogP contribution >= 0.6 is 15.6 Å². The van der Waals surface area contributed by atoms with Crippen LogP contribution in [-0.4, -0.2) is 96.7 Å². The molecule has 0 aliphatic rings. The molecule has 19 heteroatoms. The number of aliphatic hydroxyl groups is 1. The van der Waals surface area contributed by atoms with Crippen LogP contribution in [0.1, 0.15) is 297 Å². The van der Waals surface area contributed by atoms with Gasteiger partial charge in [0.1, 0.15) is 19.3 Å². The molecule has 0 fully saturated rings. The third-order valence-corrected chi connectivity index (χ3v) is 18.3. The maximum Gasteiger partial charge on any atom is 0.472 e. The van der Waals surface area contributed by atoms with E-state index >= 15 is 0 Å². The first-order valence-electron chi connectivity index (χ1n) is 41.0. The van der Waals surface area contributed by atoms with Crippen LogP contribution in [0.5, 0.6) is 0 Å². The van der Waals surface area contributed by atoms with Gasteiger partial charge in [0.25, 0.3) is 0 Å². The van der Waals surface area contributed by atoms with Crippen molar-refractivity contribution < 1.29 is 80.2 Å². The van der Waals surface area contributed by atoms with E-state index in [9.17, 15) is 43.2 Å². The van der Waals surface area contributed by atoms with Gasteiger partial charge in [-0.15, -0.1) is 0 Å². The summed E-state index contributed by atoms with van der Waals surface area (Å²) in [5.74, 6) is -2.35. The summed E-state index contributed by atoms with van der Waals surface area (Å²) in [6.07, 6.45) is 95.9. The molecule has 108 heavy (non-hydrogen) atoms. The van der Waals surface area contributed by atoms with Crippen LogP contribution in [0, 0.1) is 0 Å². The third kappa shape index (κ3) is 78.3. The molecule has 0 aromatic carbocycles. The number of allylic oxidation sites excluding steroid dienone is 30. The molecule has 0 amide bonds. The van der Waals surface area contributed by atoms with Crippen molar-refractivity contribution in [1.29, 1.82) is 0 Å². The number of esters is 4. The lowest BCUT2D eigenvalue weighted by atomic mass is 10.0. The van der Waals surface area contributed by atoms with Crippen molar-refractivity contribution in [2.75, 3.05) is 39.6 Å². The second-order valence-electron chi connectivity index (χ2n) is 26.6. The topological polar surface area (TPSA) is 237 Å². The van der Waals surface area contributed by atoms with Gasteiger partial charge < -0.3 is 33.8 Å². The minimum absolute atomic E-state index is 0.0235. The number of ether oxygens (including phenoxy) is 4. The summed E-state index contributed by atoms with van der Waals surface area (Å²) in [5, 5.41) is 10.7. The van der Waals surface area contributed by atoms with Gasteiger partial charge in [-0.3, -0.25) is 37.3 Å². The molecule has 0 aromatic rings. The van der Waals surface area contributed by atoms with Crippen molar-refractivity contribution in [3.8, 4) is 0 Å². The van der Waals surface area contributed by atoms with Crippen molar-refractivity contribution in [2.24, 2.45) is 0 Å². The van der Waals surface area contributed by atoms with Gasteiger partial charge in [0.2, 0.25) is 0 Å². The Morgan fingerprint density at radius 1 is 0.269 bits per heavy atom. The first-order valence-corrected chi connectivity index (χ1v) is 44.0. The molecule has 0 heterocycles. The molecule has 3 N–H and O–H groups in total. The number of rotatable bonds is 75. The maximum absolute atomic E-state index is 13.1. The highest BCUT2D eigenvalue weighted by Gasteiger charge is 2.30. The van der Waals surface area contributed by atoms with Crippen LogP contribution in [0.4, 0.5) is 0 Å². The highest BCUT2D eigenvalue weighted by molar-refractivity contribution is 7.47. The van der Waals surface area contributed by atoms with Gasteiger partial charge in [0, 0.05) is 25.7 Å². The predicted octanol–water partition coefficient (Wildman–Crippen LogP) is 24.3. The van der Waals surface area contributed by atoms with Crippen LogP contribution < -0.4 is 0 Å². The van der Waals surface area contributed by atoms with Crippen molar-refractivity contribution >= 4 is 39.5 Å². The van der Waals surface area contributed by atoms with E-state index in [1.54, 1.807) is 0 Å². The standard InChI is InChI=1S/C89H144O17P2/c1-5-9-13-17-21-25-29-33-36-39-41-44-46-50-53-57-61-65-69-73-86(91)99-79-84(105-88(93)75-71-67-63-59-55-49-32-28-24-20-16-12-8-4)81-103-107(95,96)101-77-83(90)78-102-108(97,98)104-82-85(106-89(94)76-72-68-64-60-56-52-48-43-38-35-31-27-23-19-15-11-7-3)80-100-87(92)74-70-66-62-58-54-51-47-45-42-40-37-34-30-26-22-18-14-10-6-2/h9-11,13-15,21-23,25-27,33-38,41-42,44-45,48,50-54,62,66,83-85,90H,5-8,12,16-20,24,28-32,39-40,43,46-47,49,55-61,63-65,67-82H2,1-4H3,(H,95,96)(H,97,98)/b13-9-,14-10-,15-11-,25-21-,26-22-,27-23-,36-33-,37-34-,38-35-,44-41-,45-42-,52-48-,53-50-,54-51-,66-62-. The van der Waals surface area contributed by atoms with E-state index in [1.165, 1.54) is 51.4 Å². The molecule has 0 radical (unpaired) electrons. The monoisotopic (exact) mass is 1550 g/mol. The quantitative estimate of drug-likeness (QED) is 0.0169. The van der Waals surface area contributed by atoms with Gasteiger partial charge in [0.05, 0.1) is 26.4 Å². The molecule has 5 atom stereocenters. The van der Waals surface area contributed by atoms with Crippen molar-refractivity contribution in [1.82, 2.24) is 0 Å². The predicted molar refractivity (Wildman–Crippen MR) is 445 cm³/mol. The fraction of sp³-hybridized carbons (Fsp3) is 0.618. The van der Waals surface area contributed by atoms with E-state index < -0.39 is 97.5 Å². The molecule has 0 aromatic heterocycles. The highest BCUT2D eigenvalue weighted by atomic mass is 31.2. The molecular weight excluding hydrogens is 1400 g/mol. The van der Waals surface area contributed by atoms with Crippen LogP contribution in [0.3, 0.4) is 0 Å². The van der Waals surface area contributed by atoms with Gasteiger partial charge >= 0.3 is 39.5 Å². The van der Waals surface area contributed by atoms with E-state index in [-0.39, 0.29) is 25.7 Å². The molecule has 5 unspecified atom stereocenters. The summed E-state index contributed by atoms with van der Waals surface area (Å²) in [6.45, 7) is 4.38. The fourth-order valence-electron chi connectivity index (χ4n) is 10.3. The SMILES string of the molecule is CC/C=C\C/C=C\C/C=C\C/C=C\C/C=C\C/C=C\CCC(=O)OCC(COP(=O)(O)OCC(O)COP(=O)(O)OCC(COC(=O)CCCCC/C=C\C/C=C\C/C=C\C/C=C\C/C=C\CC)OC(=O)CCCCCCCCCCCCCCC)OC(=O)CCCCCC/C=C\C/C=C\C/C=C\C/C=C\CC. The molecular formula is C89H144O17P2. The molecule has 0 saturated carbocycles. The second kappa shape index (κ2) is 79.3. The zero-order chi connectivity index (χ0) is 78.9. The Balaban J connectivity index is 5.49. The highest BCUT2D eigenvalue weighted by Crippen LogP contribution is 2.45. The molecule has 0 aliphatic heterocycles. The van der Waals surface area contributed by atoms with E-state index in [0.717, 1.165) is 161 Å². The molecule has 612 valence electrons. The molecule has 0 spiro atoms. The van der Waals surface area contributed by atoms with Crippen LogP contribution in [0.2, 0.25) is 0 Å². The molecule has 0 rings (SSSR count). The molecule has 17 nitrogen and oxygen atoms in total. The Bertz CT molecular complexity index is 2760. The Labute approximate surface area is 654 Å². The zero-order valence-electron chi connectivity index (χ0n) is 66.9. The first kappa shape index (κ1) is 102. The van der Waals surface area contributed by atoms with Crippen LogP contribution in [0.25, 0.3) is 0 Å². The Hall–Kier alpha value is -5.84. The zero-order valence-corrected chi connectivity index (χ0v) is 68.7. The third-order valence-electron chi connectivity index (χ3n) is 16.4. The number of phosphoric ester groups is 2. The lowest BCUT2D eigenvalue weighted by Gasteiger charge is -2.21. The van der Waals surface area contributed by atoms with Gasteiger partial charge in [0.15, 0.2) is 12.2 Å². The Morgan fingerprint density at radius 3 is 0.806 bits per heavy atom. The summed E-state index contributed by atoms with van der Waals surface area (Å²) in [5.41, 5.74) is 0. The lowest BCUT2D eigenvalue weighted by Crippen LogP contribution is -2.30. The summed E-state index contributed by atoms with van der Waals surface area (Å²) in [7, 11) is -10.0. The number of aliphatic hydroxyl groups excluding tert-OH is 1. The lowest BCUT2D eigenvalue weighted by molar-refractivity contribution is -0.161. The average Bonchev–Trinajstić information content (AvgIpc) is 0.886. The number of carbonyl (C=O) groups is 4. The maximum atomic E-state index is 13.1. The van der Waals surface area contributed by atoms with E-state index in [1.807, 2.05) is 18.2 Å². The summed E-state index contributed by atoms with van der Waals surface area (Å²) in [4.78, 5) is 73.1. The largest absolute Gasteiger partial charge is 0.472 e. The number of phosphoric acid groups is 2. The number of carbonyl (C=O) groups excluding carboxylic acids is 4. The van der Waals surface area contributed by atoms with Crippen LogP contribution in [-0.2, 0) is 65.4 Å².